The Morgan fingerprint density at radius 2 is 2.05 bits per heavy atom. The van der Waals surface area contributed by atoms with Crippen molar-refractivity contribution in [2.45, 2.75) is 39.2 Å². The maximum Gasteiger partial charge on any atom is 0.332 e. The van der Waals surface area contributed by atoms with Gasteiger partial charge in [-0.15, -0.1) is 0 Å². The molecule has 1 aliphatic rings. The quantitative estimate of drug-likeness (QED) is 0.319. The van der Waals surface area contributed by atoms with Crippen LogP contribution in [0.2, 0.25) is 0 Å². The molecule has 3 unspecified atom stereocenters. The van der Waals surface area contributed by atoms with Gasteiger partial charge >= 0.3 is 11.9 Å². The van der Waals surface area contributed by atoms with E-state index in [2.05, 4.69) is 11.7 Å². The summed E-state index contributed by atoms with van der Waals surface area (Å²) >= 11 is 0. The molecule has 1 saturated heterocycles. The van der Waals surface area contributed by atoms with E-state index in [0.717, 1.165) is 19.3 Å². The molecule has 0 amide bonds. The second-order valence-electron chi connectivity index (χ2n) is 5.10. The number of cyclic esters (lactones) is 1. The summed E-state index contributed by atoms with van der Waals surface area (Å²) in [6, 6.07) is 0. The minimum absolute atomic E-state index is 0.223. The largest absolute Gasteiger partial charge is 0.478 e. The summed E-state index contributed by atoms with van der Waals surface area (Å²) in [5.41, 5.74) is 0. The van der Waals surface area contributed by atoms with E-state index in [1.54, 1.807) is 6.08 Å². The summed E-state index contributed by atoms with van der Waals surface area (Å²) in [5.74, 6) is -4.81. The van der Waals surface area contributed by atoms with E-state index in [9.17, 15) is 19.5 Å². The highest BCUT2D eigenvalue weighted by Crippen LogP contribution is 2.24. The molecule has 0 spiro atoms. The molecule has 0 radical (unpaired) electrons. The number of aliphatic hydroxyl groups excluding tert-OH is 1. The van der Waals surface area contributed by atoms with Gasteiger partial charge in [0.15, 0.2) is 11.7 Å². The normalized spacial score (nSPS) is 23.6. The number of hydrogen-bond donors (Lipinski definition) is 2. The van der Waals surface area contributed by atoms with E-state index in [-0.39, 0.29) is 5.92 Å². The average molecular weight is 296 g/mol. The molecular weight excluding hydrogens is 276 g/mol. The second kappa shape index (κ2) is 7.73. The number of esters is 1. The number of Topliss-reactive ketones (excluding diaryl/α,β-unsaturated/α-hetero) is 1. The van der Waals surface area contributed by atoms with Crippen molar-refractivity contribution in [1.29, 1.82) is 0 Å². The molecular formula is C15H20O6. The molecule has 1 heterocycles. The van der Waals surface area contributed by atoms with Crippen molar-refractivity contribution in [3.63, 3.8) is 0 Å². The topological polar surface area (TPSA) is 101 Å². The number of carboxylic acids is 1. The molecule has 116 valence electrons. The van der Waals surface area contributed by atoms with Crippen LogP contribution >= 0.6 is 0 Å². The number of aliphatic hydroxyl groups is 1. The smallest absolute Gasteiger partial charge is 0.332 e. The monoisotopic (exact) mass is 296 g/mol. The number of carbonyl (C=O) groups is 3. The first-order valence-corrected chi connectivity index (χ1v) is 6.93. The van der Waals surface area contributed by atoms with Crippen LogP contribution in [-0.2, 0) is 19.1 Å². The fourth-order valence-electron chi connectivity index (χ4n) is 2.03. The van der Waals surface area contributed by atoms with Gasteiger partial charge in [-0.2, -0.15) is 0 Å². The standard InChI is InChI=1S/C15H20O6/c1-3-4-5-9(2)6-7-10(16)13-14(19)11(8-12(17)18)21-15(13)20/h6-10,13,16H,3-5H2,1-2H3,(H,17,18). The van der Waals surface area contributed by atoms with Gasteiger partial charge in [0.2, 0.25) is 5.78 Å². The van der Waals surface area contributed by atoms with Gasteiger partial charge < -0.3 is 14.9 Å². The maximum absolute atomic E-state index is 11.8. The molecule has 0 aromatic heterocycles. The molecule has 2 N–H and O–H groups in total. The first-order valence-electron chi connectivity index (χ1n) is 6.93. The van der Waals surface area contributed by atoms with E-state index in [4.69, 9.17) is 5.11 Å². The lowest BCUT2D eigenvalue weighted by Crippen LogP contribution is -2.28. The van der Waals surface area contributed by atoms with Crippen LogP contribution in [-0.4, -0.2) is 34.0 Å². The summed E-state index contributed by atoms with van der Waals surface area (Å²) in [4.78, 5) is 33.9. The van der Waals surface area contributed by atoms with Crippen LogP contribution in [0.25, 0.3) is 0 Å². The van der Waals surface area contributed by atoms with Crippen LogP contribution in [0.4, 0.5) is 0 Å². The van der Waals surface area contributed by atoms with Crippen LogP contribution in [0.15, 0.2) is 24.0 Å². The van der Waals surface area contributed by atoms with Crippen LogP contribution in [0.3, 0.4) is 0 Å². The van der Waals surface area contributed by atoms with E-state index in [1.165, 1.54) is 6.08 Å². The summed E-state index contributed by atoms with van der Waals surface area (Å²) in [6.45, 7) is 4.05. The van der Waals surface area contributed by atoms with Crippen molar-refractivity contribution in [2.75, 3.05) is 0 Å². The number of aliphatic carboxylic acids is 1. The molecule has 6 nitrogen and oxygen atoms in total. The van der Waals surface area contributed by atoms with Crippen LogP contribution in [0.5, 0.6) is 0 Å². The summed E-state index contributed by atoms with van der Waals surface area (Å²) in [7, 11) is 0. The Kier molecular flexibility index (Phi) is 6.30. The Balaban J connectivity index is 2.72. The third-order valence-electron chi connectivity index (χ3n) is 3.24. The van der Waals surface area contributed by atoms with Crippen molar-refractivity contribution in [3.8, 4) is 0 Å². The number of allylic oxidation sites excluding steroid dienone is 2. The van der Waals surface area contributed by atoms with Gasteiger partial charge in [-0.25, -0.2) is 4.79 Å². The predicted molar refractivity (Wildman–Crippen MR) is 74.1 cm³/mol. The highest BCUT2D eigenvalue weighted by molar-refractivity contribution is 6.15. The first-order chi connectivity index (χ1) is 9.86. The molecule has 3 atom stereocenters. The van der Waals surface area contributed by atoms with Crippen LogP contribution < -0.4 is 0 Å². The van der Waals surface area contributed by atoms with Crippen molar-refractivity contribution < 1.29 is 29.3 Å². The number of carbonyl (C=O) groups excluding carboxylic acids is 2. The third-order valence-corrected chi connectivity index (χ3v) is 3.24. The van der Waals surface area contributed by atoms with Crippen molar-refractivity contribution >= 4 is 17.7 Å². The lowest BCUT2D eigenvalue weighted by Gasteiger charge is -2.10. The van der Waals surface area contributed by atoms with E-state index >= 15 is 0 Å². The molecule has 1 aliphatic heterocycles. The van der Waals surface area contributed by atoms with Gasteiger partial charge in [-0.3, -0.25) is 9.59 Å². The zero-order chi connectivity index (χ0) is 16.0. The Labute approximate surface area is 123 Å². The van der Waals surface area contributed by atoms with E-state index in [0.29, 0.717) is 6.08 Å². The fraction of sp³-hybridized carbons (Fsp3) is 0.533. The van der Waals surface area contributed by atoms with E-state index in [1.807, 2.05) is 6.92 Å². The highest BCUT2D eigenvalue weighted by atomic mass is 16.6. The predicted octanol–water partition coefficient (Wildman–Crippen LogP) is 1.44. The zero-order valence-corrected chi connectivity index (χ0v) is 12.1. The maximum atomic E-state index is 11.8. The van der Waals surface area contributed by atoms with E-state index < -0.39 is 35.5 Å². The molecule has 1 rings (SSSR count). The number of hydrogen-bond acceptors (Lipinski definition) is 5. The lowest BCUT2D eigenvalue weighted by molar-refractivity contribution is -0.141. The summed E-state index contributed by atoms with van der Waals surface area (Å²) in [5, 5.41) is 18.5. The molecule has 0 saturated carbocycles. The minimum atomic E-state index is -1.38. The SMILES string of the molecule is CCCCC(C)C=CC(O)C1C(=O)OC(=CC(=O)O)C1=O. The van der Waals surface area contributed by atoms with Crippen molar-refractivity contribution in [1.82, 2.24) is 0 Å². The summed E-state index contributed by atoms with van der Waals surface area (Å²) in [6.07, 6.45) is 5.43. The Hall–Kier alpha value is -1.95. The number of carboxylic acid groups (broad SMARTS) is 1. The zero-order valence-electron chi connectivity index (χ0n) is 12.1. The van der Waals surface area contributed by atoms with Gasteiger partial charge in [0.05, 0.1) is 12.2 Å². The molecule has 0 aromatic rings. The van der Waals surface area contributed by atoms with Gasteiger partial charge in [-0.1, -0.05) is 38.8 Å². The molecule has 6 heteroatoms. The van der Waals surface area contributed by atoms with Gasteiger partial charge in [-0.05, 0) is 12.3 Å². The Bertz CT molecular complexity index is 477. The highest BCUT2D eigenvalue weighted by Gasteiger charge is 2.44. The van der Waals surface area contributed by atoms with Crippen molar-refractivity contribution in [3.05, 3.63) is 24.0 Å². The Morgan fingerprint density at radius 3 is 2.62 bits per heavy atom. The number of rotatable bonds is 7. The summed E-state index contributed by atoms with van der Waals surface area (Å²) < 4.78 is 4.59. The number of ketones is 1. The third kappa shape index (κ3) is 4.82. The number of unbranched alkanes of at least 4 members (excludes halogenated alkanes) is 1. The number of ether oxygens (including phenoxy) is 1. The minimum Gasteiger partial charge on any atom is -0.478 e. The van der Waals surface area contributed by atoms with Gasteiger partial charge in [0, 0.05) is 0 Å². The molecule has 0 aromatic carbocycles. The van der Waals surface area contributed by atoms with Crippen LogP contribution in [0.1, 0.15) is 33.1 Å². The van der Waals surface area contributed by atoms with Crippen LogP contribution in [0, 0.1) is 11.8 Å². The molecule has 1 fully saturated rings. The Morgan fingerprint density at radius 1 is 1.38 bits per heavy atom. The second-order valence-corrected chi connectivity index (χ2v) is 5.10. The molecule has 0 bridgehead atoms. The molecule has 21 heavy (non-hydrogen) atoms. The first kappa shape index (κ1) is 17.1. The van der Waals surface area contributed by atoms with Gasteiger partial charge in [0.25, 0.3) is 0 Å². The fourth-order valence-corrected chi connectivity index (χ4v) is 2.03. The van der Waals surface area contributed by atoms with Gasteiger partial charge in [0.1, 0.15) is 0 Å². The average Bonchev–Trinajstić information content (AvgIpc) is 2.67. The molecule has 0 aliphatic carbocycles. The lowest BCUT2D eigenvalue weighted by atomic mass is 9.96. The van der Waals surface area contributed by atoms with Crippen molar-refractivity contribution in [2.24, 2.45) is 11.8 Å².